The van der Waals surface area contributed by atoms with Crippen LogP contribution < -0.4 is 5.32 Å². The third-order valence-corrected chi connectivity index (χ3v) is 5.53. The number of hydrogen-bond acceptors (Lipinski definition) is 6. The number of aromatic amines is 1. The smallest absolute Gasteiger partial charge is 0.322 e. The Morgan fingerprint density at radius 2 is 1.91 bits per heavy atom. The van der Waals surface area contributed by atoms with Crippen molar-refractivity contribution in [3.05, 3.63) is 83.5 Å². The Bertz CT molecular complexity index is 1310. The molecule has 33 heavy (non-hydrogen) atoms. The number of hydrogen-bond donors (Lipinski definition) is 2. The normalized spacial score (nSPS) is 15.2. The molecule has 0 fully saturated rings. The highest BCUT2D eigenvalue weighted by atomic mass is 19.1. The molecule has 2 N–H and O–H groups in total. The lowest BCUT2D eigenvalue weighted by Gasteiger charge is -2.32. The van der Waals surface area contributed by atoms with Gasteiger partial charge in [0.2, 0.25) is 11.7 Å². The average Bonchev–Trinajstić information content (AvgIpc) is 3.48. The van der Waals surface area contributed by atoms with Crippen molar-refractivity contribution in [3.8, 4) is 11.4 Å². The van der Waals surface area contributed by atoms with Crippen LogP contribution in [0.15, 0.2) is 59.4 Å². The van der Waals surface area contributed by atoms with Gasteiger partial charge in [-0.1, -0.05) is 5.16 Å². The van der Waals surface area contributed by atoms with Crippen LogP contribution in [0, 0.1) is 5.82 Å². The topological polar surface area (TPSA) is 117 Å². The number of urea groups is 1. The molecule has 0 bridgehead atoms. The molecule has 0 aliphatic carbocycles. The number of H-pyrrole nitrogens is 1. The van der Waals surface area contributed by atoms with Crippen LogP contribution in [0.25, 0.3) is 11.4 Å². The highest BCUT2D eigenvalue weighted by molar-refractivity contribution is 5.95. The summed E-state index contributed by atoms with van der Waals surface area (Å²) in [5.74, 6) is 0.146. The third kappa shape index (κ3) is 4.10. The van der Waals surface area contributed by atoms with E-state index in [-0.39, 0.29) is 30.1 Å². The number of anilines is 1. The van der Waals surface area contributed by atoms with Crippen LogP contribution in [0.2, 0.25) is 0 Å². The van der Waals surface area contributed by atoms with E-state index < -0.39 is 6.04 Å². The molecule has 166 valence electrons. The Kier molecular flexibility index (Phi) is 5.17. The fraction of sp³-hybridized carbons (Fsp3) is 0.174. The minimum atomic E-state index is -0.543. The molecule has 0 saturated carbocycles. The number of halogens is 1. The molecular weight excluding hydrogens is 427 g/mol. The monoisotopic (exact) mass is 446 g/mol. The van der Waals surface area contributed by atoms with E-state index in [1.165, 1.54) is 19.1 Å². The number of carbonyl (C=O) groups is 2. The standard InChI is InChI=1S/C23H19FN6O3/c1-13(31)14-4-8-17(9-5-14)27-23(32)30-11-19-18(25-12-26-19)10-20(30)22-28-21(29-33-22)15-2-6-16(24)7-3-15/h2-9,12,20H,10-11H2,1H3,(H,25,26)(H,27,32). The van der Waals surface area contributed by atoms with Gasteiger partial charge in [-0.2, -0.15) is 4.98 Å². The number of rotatable bonds is 4. The fourth-order valence-corrected chi connectivity index (χ4v) is 3.74. The van der Waals surface area contributed by atoms with Gasteiger partial charge in [0.05, 0.1) is 24.3 Å². The predicted octanol–water partition coefficient (Wildman–Crippen LogP) is 4.13. The van der Waals surface area contributed by atoms with E-state index in [1.54, 1.807) is 47.6 Å². The Balaban J connectivity index is 1.42. The summed E-state index contributed by atoms with van der Waals surface area (Å²) in [5, 5.41) is 6.87. The van der Waals surface area contributed by atoms with Crippen molar-refractivity contribution in [3.63, 3.8) is 0 Å². The SMILES string of the molecule is CC(=O)c1ccc(NC(=O)N2Cc3[nH]cnc3CC2c2nc(-c3ccc(F)cc3)no2)cc1. The van der Waals surface area contributed by atoms with E-state index in [1.807, 2.05) is 0 Å². The largest absolute Gasteiger partial charge is 0.347 e. The van der Waals surface area contributed by atoms with Crippen LogP contribution in [-0.4, -0.2) is 36.8 Å². The van der Waals surface area contributed by atoms with Crippen LogP contribution in [0.3, 0.4) is 0 Å². The van der Waals surface area contributed by atoms with Crippen molar-refractivity contribution in [1.29, 1.82) is 0 Å². The highest BCUT2D eigenvalue weighted by Gasteiger charge is 2.36. The first-order valence-electron chi connectivity index (χ1n) is 10.3. The van der Waals surface area contributed by atoms with Crippen molar-refractivity contribution in [2.45, 2.75) is 25.9 Å². The van der Waals surface area contributed by atoms with Crippen LogP contribution >= 0.6 is 0 Å². The maximum absolute atomic E-state index is 13.2. The van der Waals surface area contributed by atoms with Gasteiger partial charge in [0.1, 0.15) is 11.9 Å². The average molecular weight is 446 g/mol. The van der Waals surface area contributed by atoms with Gasteiger partial charge in [0.25, 0.3) is 0 Å². The first-order chi connectivity index (χ1) is 16.0. The van der Waals surface area contributed by atoms with Crippen molar-refractivity contribution in [1.82, 2.24) is 25.0 Å². The van der Waals surface area contributed by atoms with Gasteiger partial charge in [-0.15, -0.1) is 0 Å². The number of carbonyl (C=O) groups excluding carboxylic acids is 2. The maximum atomic E-state index is 13.2. The molecule has 1 atom stereocenters. The Morgan fingerprint density at radius 3 is 2.64 bits per heavy atom. The fourth-order valence-electron chi connectivity index (χ4n) is 3.74. The zero-order chi connectivity index (χ0) is 22.9. The van der Waals surface area contributed by atoms with Gasteiger partial charge in [0.15, 0.2) is 5.78 Å². The lowest BCUT2D eigenvalue weighted by atomic mass is 10.0. The van der Waals surface area contributed by atoms with Gasteiger partial charge >= 0.3 is 6.03 Å². The summed E-state index contributed by atoms with van der Waals surface area (Å²) >= 11 is 0. The van der Waals surface area contributed by atoms with Crippen molar-refractivity contribution >= 4 is 17.5 Å². The summed E-state index contributed by atoms with van der Waals surface area (Å²) in [4.78, 5) is 38.1. The number of nitrogens with zero attached hydrogens (tertiary/aromatic N) is 4. The van der Waals surface area contributed by atoms with Gasteiger partial charge in [-0.05, 0) is 55.5 Å². The molecule has 0 saturated heterocycles. The van der Waals surface area contributed by atoms with Crippen LogP contribution in [0.5, 0.6) is 0 Å². The van der Waals surface area contributed by atoms with Gasteiger partial charge in [0, 0.05) is 23.2 Å². The van der Waals surface area contributed by atoms with Crippen LogP contribution in [-0.2, 0) is 13.0 Å². The molecule has 9 nitrogen and oxygen atoms in total. The molecular formula is C23H19FN6O3. The molecule has 0 radical (unpaired) electrons. The molecule has 1 aliphatic rings. The third-order valence-electron chi connectivity index (χ3n) is 5.53. The summed E-state index contributed by atoms with van der Waals surface area (Å²) < 4.78 is 18.7. The second kappa shape index (κ2) is 8.30. The Morgan fingerprint density at radius 1 is 1.15 bits per heavy atom. The zero-order valence-electron chi connectivity index (χ0n) is 17.6. The maximum Gasteiger partial charge on any atom is 0.322 e. The molecule has 2 aromatic heterocycles. The van der Waals surface area contributed by atoms with Gasteiger partial charge < -0.3 is 19.7 Å². The number of ketones is 1. The van der Waals surface area contributed by atoms with Gasteiger partial charge in [-0.3, -0.25) is 4.79 Å². The van der Waals surface area contributed by atoms with Crippen molar-refractivity contribution in [2.24, 2.45) is 0 Å². The summed E-state index contributed by atoms with van der Waals surface area (Å²) in [5.41, 5.74) is 3.36. The van der Waals surface area contributed by atoms with Crippen molar-refractivity contribution < 1.29 is 18.5 Å². The number of benzene rings is 2. The number of Topliss-reactive ketones (excluding diaryl/α,β-unsaturated/α-hetero) is 1. The van der Waals surface area contributed by atoms with E-state index >= 15 is 0 Å². The molecule has 0 spiro atoms. The second-order valence-electron chi connectivity index (χ2n) is 7.70. The second-order valence-corrected chi connectivity index (χ2v) is 7.70. The molecule has 1 unspecified atom stereocenters. The van der Waals surface area contributed by atoms with Crippen LogP contribution in [0.4, 0.5) is 14.9 Å². The highest BCUT2D eigenvalue weighted by Crippen LogP contribution is 2.32. The van der Waals surface area contributed by atoms with Crippen molar-refractivity contribution in [2.75, 3.05) is 5.32 Å². The lowest BCUT2D eigenvalue weighted by Crippen LogP contribution is -2.41. The Hall–Kier alpha value is -4.34. The zero-order valence-corrected chi connectivity index (χ0v) is 17.6. The molecule has 4 aromatic rings. The van der Waals surface area contributed by atoms with E-state index in [2.05, 4.69) is 25.4 Å². The summed E-state index contributed by atoms with van der Waals surface area (Å²) in [6.45, 7) is 1.75. The summed E-state index contributed by atoms with van der Waals surface area (Å²) in [6, 6.07) is 11.5. The molecule has 1 aliphatic heterocycles. The Labute approximate surface area is 187 Å². The van der Waals surface area contributed by atoms with E-state index in [4.69, 9.17) is 4.52 Å². The minimum absolute atomic E-state index is 0.0518. The number of nitrogens with one attached hydrogen (secondary N) is 2. The minimum Gasteiger partial charge on any atom is -0.347 e. The van der Waals surface area contributed by atoms with Gasteiger partial charge in [-0.25, -0.2) is 14.2 Å². The number of amides is 2. The number of aromatic nitrogens is 4. The first-order valence-corrected chi connectivity index (χ1v) is 10.3. The summed E-state index contributed by atoms with van der Waals surface area (Å²) in [6.07, 6.45) is 1.97. The molecule has 2 amide bonds. The van der Waals surface area contributed by atoms with E-state index in [9.17, 15) is 14.0 Å². The molecule has 3 heterocycles. The first kappa shape index (κ1) is 20.6. The molecule has 10 heteroatoms. The molecule has 5 rings (SSSR count). The molecule has 2 aromatic carbocycles. The quantitative estimate of drug-likeness (QED) is 0.455. The van der Waals surface area contributed by atoms with E-state index in [0.29, 0.717) is 29.1 Å². The number of fused-ring (bicyclic) bond motifs is 1. The lowest BCUT2D eigenvalue weighted by molar-refractivity contribution is 0.101. The summed E-state index contributed by atoms with van der Waals surface area (Å²) in [7, 11) is 0. The predicted molar refractivity (Wildman–Crippen MR) is 116 cm³/mol. The number of imidazole rings is 1. The van der Waals surface area contributed by atoms with Crippen LogP contribution in [0.1, 0.15) is 40.6 Å². The van der Waals surface area contributed by atoms with E-state index in [0.717, 1.165) is 11.4 Å².